The second-order valence-electron chi connectivity index (χ2n) is 5.16. The predicted octanol–water partition coefficient (Wildman–Crippen LogP) is 3.21. The van der Waals surface area contributed by atoms with Gasteiger partial charge in [0.25, 0.3) is 0 Å². The number of benzene rings is 2. The lowest BCUT2D eigenvalue weighted by atomic mass is 10.2. The number of hydrogen-bond donors (Lipinski definition) is 0. The fraction of sp³-hybridized carbons (Fsp3) is 0.235. The van der Waals surface area contributed by atoms with Crippen molar-refractivity contribution in [2.75, 3.05) is 19.5 Å². The zero-order chi connectivity index (χ0) is 17.1. The number of carbonyl (C=O) groups excluding carboxylic acids is 1. The number of carbonyl (C=O) groups is 1. The molecule has 0 spiro atoms. The molecule has 1 atom stereocenters. The molecule has 0 N–H and O–H groups in total. The SMILES string of the molecule is CS(=O)c1ccc(C(=O)OCc2cc(Cl)c3c(c2)OCCO3)cc1. The molecule has 0 saturated heterocycles. The lowest BCUT2D eigenvalue weighted by Crippen LogP contribution is -2.16. The van der Waals surface area contributed by atoms with Gasteiger partial charge in [-0.15, -0.1) is 0 Å². The second-order valence-corrected chi connectivity index (χ2v) is 6.94. The summed E-state index contributed by atoms with van der Waals surface area (Å²) in [7, 11) is -1.08. The van der Waals surface area contributed by atoms with Gasteiger partial charge in [0.1, 0.15) is 19.8 Å². The number of ether oxygens (including phenoxy) is 3. The van der Waals surface area contributed by atoms with Crippen LogP contribution >= 0.6 is 11.6 Å². The van der Waals surface area contributed by atoms with Gasteiger partial charge in [-0.25, -0.2) is 4.79 Å². The van der Waals surface area contributed by atoms with Crippen LogP contribution in [0, 0.1) is 0 Å². The molecular formula is C17H15ClO5S. The standard InChI is InChI=1S/C17H15ClO5S/c1-24(20)13-4-2-12(3-5-13)17(19)23-10-11-8-14(18)16-15(9-11)21-6-7-22-16/h2-5,8-9H,6-7,10H2,1H3. The summed E-state index contributed by atoms with van der Waals surface area (Å²) < 4.78 is 27.6. The van der Waals surface area contributed by atoms with Crippen LogP contribution in [0.1, 0.15) is 15.9 Å². The highest BCUT2D eigenvalue weighted by Crippen LogP contribution is 2.38. The Morgan fingerprint density at radius 3 is 2.62 bits per heavy atom. The van der Waals surface area contributed by atoms with Crippen molar-refractivity contribution in [1.29, 1.82) is 0 Å². The van der Waals surface area contributed by atoms with Crippen molar-refractivity contribution in [1.82, 2.24) is 0 Å². The van der Waals surface area contributed by atoms with E-state index in [0.717, 1.165) is 0 Å². The number of halogens is 1. The van der Waals surface area contributed by atoms with Gasteiger partial charge in [-0.2, -0.15) is 0 Å². The molecule has 1 unspecified atom stereocenters. The van der Waals surface area contributed by atoms with Crippen LogP contribution in [0.5, 0.6) is 11.5 Å². The summed E-state index contributed by atoms with van der Waals surface area (Å²) in [6.45, 7) is 0.980. The molecule has 2 aromatic carbocycles. The maximum absolute atomic E-state index is 12.1. The lowest BCUT2D eigenvalue weighted by Gasteiger charge is -2.20. The molecule has 24 heavy (non-hydrogen) atoms. The zero-order valence-corrected chi connectivity index (χ0v) is 14.5. The predicted molar refractivity (Wildman–Crippen MR) is 90.3 cm³/mol. The van der Waals surface area contributed by atoms with E-state index < -0.39 is 16.8 Å². The van der Waals surface area contributed by atoms with Crippen molar-refractivity contribution in [2.45, 2.75) is 11.5 Å². The molecule has 0 aliphatic carbocycles. The van der Waals surface area contributed by atoms with Gasteiger partial charge >= 0.3 is 5.97 Å². The van der Waals surface area contributed by atoms with Crippen LogP contribution in [-0.2, 0) is 22.1 Å². The Bertz CT molecular complexity index is 788. The fourth-order valence-corrected chi connectivity index (χ4v) is 3.07. The molecule has 0 saturated carbocycles. The Morgan fingerprint density at radius 2 is 1.92 bits per heavy atom. The summed E-state index contributed by atoms with van der Waals surface area (Å²) in [6.07, 6.45) is 1.58. The molecule has 1 aliphatic rings. The van der Waals surface area contributed by atoms with Crippen molar-refractivity contribution in [3.63, 3.8) is 0 Å². The van der Waals surface area contributed by atoms with Gasteiger partial charge < -0.3 is 14.2 Å². The molecule has 1 heterocycles. The summed E-state index contributed by atoms with van der Waals surface area (Å²) in [5, 5.41) is 0.424. The van der Waals surface area contributed by atoms with Crippen LogP contribution < -0.4 is 9.47 Å². The second kappa shape index (κ2) is 7.23. The number of rotatable bonds is 4. The van der Waals surface area contributed by atoms with Crippen LogP contribution in [-0.4, -0.2) is 29.6 Å². The normalized spacial score (nSPS) is 14.1. The molecule has 5 nitrogen and oxygen atoms in total. The minimum atomic E-state index is -1.08. The largest absolute Gasteiger partial charge is 0.486 e. The van der Waals surface area contributed by atoms with Crippen LogP contribution in [0.3, 0.4) is 0 Å². The number of hydrogen-bond acceptors (Lipinski definition) is 5. The average molecular weight is 367 g/mol. The highest BCUT2D eigenvalue weighted by atomic mass is 35.5. The first-order valence-electron chi connectivity index (χ1n) is 7.23. The summed E-state index contributed by atoms with van der Waals surface area (Å²) in [4.78, 5) is 12.7. The molecule has 1 aliphatic heterocycles. The van der Waals surface area contributed by atoms with Crippen molar-refractivity contribution >= 4 is 28.4 Å². The van der Waals surface area contributed by atoms with Gasteiger partial charge in [0, 0.05) is 22.0 Å². The van der Waals surface area contributed by atoms with E-state index in [0.29, 0.717) is 45.8 Å². The van der Waals surface area contributed by atoms with E-state index in [2.05, 4.69) is 0 Å². The highest BCUT2D eigenvalue weighted by molar-refractivity contribution is 7.84. The monoisotopic (exact) mass is 366 g/mol. The Morgan fingerprint density at radius 1 is 1.21 bits per heavy atom. The van der Waals surface area contributed by atoms with Gasteiger partial charge in [-0.3, -0.25) is 4.21 Å². The van der Waals surface area contributed by atoms with Gasteiger partial charge in [0.15, 0.2) is 11.5 Å². The van der Waals surface area contributed by atoms with Crippen LogP contribution in [0.15, 0.2) is 41.3 Å². The molecular weight excluding hydrogens is 352 g/mol. The highest BCUT2D eigenvalue weighted by Gasteiger charge is 2.17. The van der Waals surface area contributed by atoms with E-state index in [1.54, 1.807) is 42.7 Å². The first-order chi connectivity index (χ1) is 11.5. The Hall–Kier alpha value is -2.05. The van der Waals surface area contributed by atoms with E-state index in [1.807, 2.05) is 0 Å². The zero-order valence-electron chi connectivity index (χ0n) is 12.9. The van der Waals surface area contributed by atoms with Crippen molar-refractivity contribution in [3.8, 4) is 11.5 Å². The Balaban J connectivity index is 1.68. The molecule has 0 radical (unpaired) electrons. The maximum atomic E-state index is 12.1. The summed E-state index contributed by atoms with van der Waals surface area (Å²) in [5.74, 6) is 0.602. The van der Waals surface area contributed by atoms with Crippen molar-refractivity contribution < 1.29 is 23.2 Å². The third-order valence-electron chi connectivity index (χ3n) is 3.45. The van der Waals surface area contributed by atoms with E-state index in [4.69, 9.17) is 25.8 Å². The molecule has 3 rings (SSSR count). The van der Waals surface area contributed by atoms with E-state index in [9.17, 15) is 9.00 Å². The minimum Gasteiger partial charge on any atom is -0.486 e. The maximum Gasteiger partial charge on any atom is 0.338 e. The molecule has 0 amide bonds. The number of esters is 1. The quantitative estimate of drug-likeness (QED) is 0.777. The summed E-state index contributed by atoms with van der Waals surface area (Å²) >= 11 is 6.15. The smallest absolute Gasteiger partial charge is 0.338 e. The lowest BCUT2D eigenvalue weighted by molar-refractivity contribution is 0.0472. The first kappa shape index (κ1) is 16.8. The van der Waals surface area contributed by atoms with Crippen LogP contribution in [0.2, 0.25) is 5.02 Å². The summed E-state index contributed by atoms with van der Waals surface area (Å²) in [6, 6.07) is 9.91. The minimum absolute atomic E-state index is 0.0661. The van der Waals surface area contributed by atoms with E-state index in [-0.39, 0.29) is 6.61 Å². The van der Waals surface area contributed by atoms with Crippen molar-refractivity contribution in [2.24, 2.45) is 0 Å². The van der Waals surface area contributed by atoms with Gasteiger partial charge in [0.2, 0.25) is 0 Å². The van der Waals surface area contributed by atoms with Gasteiger partial charge in [0.05, 0.1) is 10.6 Å². The molecule has 126 valence electrons. The fourth-order valence-electron chi connectivity index (χ4n) is 2.26. The molecule has 0 fully saturated rings. The Labute approximate surface area is 146 Å². The van der Waals surface area contributed by atoms with Gasteiger partial charge in [-0.1, -0.05) is 11.6 Å². The van der Waals surface area contributed by atoms with Crippen LogP contribution in [0.25, 0.3) is 0 Å². The van der Waals surface area contributed by atoms with Gasteiger partial charge in [-0.05, 0) is 42.0 Å². The third-order valence-corrected chi connectivity index (χ3v) is 4.67. The average Bonchev–Trinajstić information content (AvgIpc) is 2.60. The number of fused-ring (bicyclic) bond motifs is 1. The molecule has 0 bridgehead atoms. The summed E-state index contributed by atoms with van der Waals surface area (Å²) in [5.41, 5.74) is 1.11. The van der Waals surface area contributed by atoms with Crippen molar-refractivity contribution in [3.05, 3.63) is 52.5 Å². The van der Waals surface area contributed by atoms with E-state index in [1.165, 1.54) is 0 Å². The van der Waals surface area contributed by atoms with E-state index >= 15 is 0 Å². The van der Waals surface area contributed by atoms with Crippen LogP contribution in [0.4, 0.5) is 0 Å². The Kier molecular flexibility index (Phi) is 5.06. The first-order valence-corrected chi connectivity index (χ1v) is 9.17. The molecule has 7 heteroatoms. The topological polar surface area (TPSA) is 61.8 Å². The molecule has 2 aromatic rings. The third kappa shape index (κ3) is 3.71. The molecule has 0 aromatic heterocycles.